The maximum absolute atomic E-state index is 12.2. The van der Waals surface area contributed by atoms with E-state index in [4.69, 9.17) is 4.74 Å². The van der Waals surface area contributed by atoms with Crippen molar-refractivity contribution in [3.05, 3.63) is 35.9 Å². The van der Waals surface area contributed by atoms with Crippen LogP contribution in [0.1, 0.15) is 10.5 Å². The lowest BCUT2D eigenvalue weighted by Gasteiger charge is -2.15. The van der Waals surface area contributed by atoms with Gasteiger partial charge in [-0.25, -0.2) is 9.67 Å². The Hall–Kier alpha value is -2.30. The number of hydrogen-bond acceptors (Lipinski definition) is 6. The number of carbonyl (C=O) groups is 1. The number of hydrogen-bond donors (Lipinski definition) is 2. The van der Waals surface area contributed by atoms with E-state index in [1.54, 1.807) is 22.5 Å². The van der Waals surface area contributed by atoms with Gasteiger partial charge in [-0.3, -0.25) is 9.89 Å². The molecule has 3 rings (SSSR count). The van der Waals surface area contributed by atoms with Crippen LogP contribution in [0.5, 0.6) is 0 Å². The predicted molar refractivity (Wildman–Crippen MR) is 104 cm³/mol. The first-order valence-electron chi connectivity index (χ1n) is 8.27. The average molecular weight is 391 g/mol. The van der Waals surface area contributed by atoms with Crippen LogP contribution >= 0.6 is 11.3 Å². The first-order chi connectivity index (χ1) is 12.4. The SMILES string of the molecule is C[Si](C)(C)CCOCn1cc(-c2nc(C(=O)Nc3cn[nH]c3)cs2)cn1. The third kappa shape index (κ3) is 5.10. The van der Waals surface area contributed by atoms with Crippen molar-refractivity contribution in [3.8, 4) is 10.6 Å². The molecule has 3 aromatic heterocycles. The van der Waals surface area contributed by atoms with Crippen LogP contribution in [0.3, 0.4) is 0 Å². The summed E-state index contributed by atoms with van der Waals surface area (Å²) < 4.78 is 7.43. The van der Waals surface area contributed by atoms with Crippen molar-refractivity contribution in [2.24, 2.45) is 0 Å². The molecule has 0 aliphatic carbocycles. The van der Waals surface area contributed by atoms with E-state index < -0.39 is 8.07 Å². The maximum atomic E-state index is 12.2. The number of nitrogens with zero attached hydrogens (tertiary/aromatic N) is 4. The van der Waals surface area contributed by atoms with E-state index in [2.05, 4.69) is 45.2 Å². The quantitative estimate of drug-likeness (QED) is 0.454. The third-order valence-electron chi connectivity index (χ3n) is 3.59. The number of nitrogens with one attached hydrogen (secondary N) is 2. The topological polar surface area (TPSA) is 97.7 Å². The van der Waals surface area contributed by atoms with Crippen LogP contribution in [0.2, 0.25) is 25.7 Å². The first kappa shape index (κ1) is 18.5. The van der Waals surface area contributed by atoms with E-state index in [9.17, 15) is 4.79 Å². The highest BCUT2D eigenvalue weighted by atomic mass is 32.1. The molecular weight excluding hydrogens is 368 g/mol. The molecule has 26 heavy (non-hydrogen) atoms. The average Bonchev–Trinajstić information content (AvgIpc) is 3.31. The van der Waals surface area contributed by atoms with E-state index in [1.807, 2.05) is 6.20 Å². The minimum atomic E-state index is -1.08. The Morgan fingerprint density at radius 3 is 2.96 bits per heavy atom. The van der Waals surface area contributed by atoms with Gasteiger partial charge in [0.1, 0.15) is 17.4 Å². The van der Waals surface area contributed by atoms with Crippen LogP contribution < -0.4 is 5.32 Å². The lowest BCUT2D eigenvalue weighted by Crippen LogP contribution is -2.22. The van der Waals surface area contributed by atoms with Gasteiger partial charge in [0.15, 0.2) is 0 Å². The standard InChI is InChI=1S/C16H22N6O2SSi/c1-26(2,3)5-4-24-11-22-9-12(6-19-22)16-21-14(10-25-16)15(23)20-13-7-17-18-8-13/h6-10H,4-5,11H2,1-3H3,(H,17,18)(H,20,23). The Morgan fingerprint density at radius 1 is 1.38 bits per heavy atom. The van der Waals surface area contributed by atoms with Gasteiger partial charge in [0.25, 0.3) is 5.91 Å². The molecule has 0 aliphatic rings. The molecule has 138 valence electrons. The zero-order valence-corrected chi connectivity index (χ0v) is 16.8. The van der Waals surface area contributed by atoms with Gasteiger partial charge in [-0.1, -0.05) is 19.6 Å². The van der Waals surface area contributed by atoms with Gasteiger partial charge in [0.05, 0.1) is 18.1 Å². The number of aromatic nitrogens is 5. The molecule has 3 aromatic rings. The zero-order valence-electron chi connectivity index (χ0n) is 15.0. The van der Waals surface area contributed by atoms with Gasteiger partial charge in [0, 0.05) is 38.0 Å². The van der Waals surface area contributed by atoms with Crippen molar-refractivity contribution in [2.75, 3.05) is 11.9 Å². The van der Waals surface area contributed by atoms with E-state index in [1.165, 1.54) is 17.5 Å². The molecule has 0 unspecified atom stereocenters. The van der Waals surface area contributed by atoms with Gasteiger partial charge in [0.2, 0.25) is 0 Å². The smallest absolute Gasteiger partial charge is 0.275 e. The second-order valence-corrected chi connectivity index (χ2v) is 13.6. The number of anilines is 1. The van der Waals surface area contributed by atoms with Gasteiger partial charge in [-0.15, -0.1) is 11.3 Å². The Bertz CT molecular complexity index is 852. The molecule has 0 bridgehead atoms. The molecule has 0 atom stereocenters. The number of thiazole rings is 1. The maximum Gasteiger partial charge on any atom is 0.275 e. The molecule has 0 spiro atoms. The first-order valence-corrected chi connectivity index (χ1v) is 12.9. The molecule has 0 fully saturated rings. The Balaban J connectivity index is 1.56. The largest absolute Gasteiger partial charge is 0.360 e. The highest BCUT2D eigenvalue weighted by Gasteiger charge is 2.14. The normalized spacial score (nSPS) is 11.7. The van der Waals surface area contributed by atoms with E-state index in [0.717, 1.165) is 23.2 Å². The predicted octanol–water partition coefficient (Wildman–Crippen LogP) is 3.29. The van der Waals surface area contributed by atoms with Crippen LogP contribution in [0, 0.1) is 0 Å². The highest BCUT2D eigenvalue weighted by molar-refractivity contribution is 7.13. The fourth-order valence-corrected chi connectivity index (χ4v) is 3.64. The number of carbonyl (C=O) groups excluding carboxylic acids is 1. The fraction of sp³-hybridized carbons (Fsp3) is 0.375. The molecule has 0 saturated carbocycles. The van der Waals surface area contributed by atoms with Crippen molar-refractivity contribution in [1.29, 1.82) is 0 Å². The number of rotatable bonds is 8. The molecule has 8 nitrogen and oxygen atoms in total. The summed E-state index contributed by atoms with van der Waals surface area (Å²) in [5.41, 5.74) is 1.84. The summed E-state index contributed by atoms with van der Waals surface area (Å²) in [4.78, 5) is 16.6. The summed E-state index contributed by atoms with van der Waals surface area (Å²) in [6.45, 7) is 8.14. The third-order valence-corrected chi connectivity index (χ3v) is 6.19. The molecule has 1 amide bonds. The van der Waals surface area contributed by atoms with E-state index in [0.29, 0.717) is 18.1 Å². The summed E-state index contributed by atoms with van der Waals surface area (Å²) in [7, 11) is -1.08. The second kappa shape index (κ2) is 7.93. The molecule has 2 N–H and O–H groups in total. The van der Waals surface area contributed by atoms with Crippen molar-refractivity contribution in [2.45, 2.75) is 32.4 Å². The molecule has 10 heteroatoms. The highest BCUT2D eigenvalue weighted by Crippen LogP contribution is 2.23. The lowest BCUT2D eigenvalue weighted by molar-refractivity contribution is 0.0786. The Labute approximate surface area is 156 Å². The summed E-state index contributed by atoms with van der Waals surface area (Å²) in [6.07, 6.45) is 6.76. The molecule has 3 heterocycles. The van der Waals surface area contributed by atoms with E-state index >= 15 is 0 Å². The number of H-pyrrole nitrogens is 1. The number of ether oxygens (including phenoxy) is 1. The monoisotopic (exact) mass is 390 g/mol. The van der Waals surface area contributed by atoms with E-state index in [-0.39, 0.29) is 5.91 Å². The zero-order chi connectivity index (χ0) is 18.6. The van der Waals surface area contributed by atoms with Gasteiger partial charge in [-0.2, -0.15) is 10.2 Å². The second-order valence-electron chi connectivity index (χ2n) is 7.10. The van der Waals surface area contributed by atoms with Crippen LogP contribution in [0.4, 0.5) is 5.69 Å². The van der Waals surface area contributed by atoms with Crippen molar-refractivity contribution in [1.82, 2.24) is 25.0 Å². The number of amides is 1. The van der Waals surface area contributed by atoms with Gasteiger partial charge >= 0.3 is 0 Å². The molecule has 0 aliphatic heterocycles. The summed E-state index contributed by atoms with van der Waals surface area (Å²) in [6, 6.07) is 1.13. The summed E-state index contributed by atoms with van der Waals surface area (Å²) in [5, 5.41) is 15.9. The van der Waals surface area contributed by atoms with Gasteiger partial charge < -0.3 is 10.1 Å². The number of aromatic amines is 1. The van der Waals surface area contributed by atoms with Crippen LogP contribution in [-0.2, 0) is 11.5 Å². The minimum absolute atomic E-state index is 0.268. The Kier molecular flexibility index (Phi) is 5.64. The summed E-state index contributed by atoms with van der Waals surface area (Å²) in [5.74, 6) is -0.268. The van der Waals surface area contributed by atoms with Crippen molar-refractivity contribution in [3.63, 3.8) is 0 Å². The minimum Gasteiger partial charge on any atom is -0.360 e. The van der Waals surface area contributed by atoms with Gasteiger partial charge in [-0.05, 0) is 6.04 Å². The molecule has 0 aromatic carbocycles. The Morgan fingerprint density at radius 2 is 2.23 bits per heavy atom. The van der Waals surface area contributed by atoms with Crippen molar-refractivity contribution >= 4 is 31.0 Å². The molecule has 0 radical (unpaired) electrons. The van der Waals surface area contributed by atoms with Crippen molar-refractivity contribution < 1.29 is 9.53 Å². The molecular formula is C16H22N6O2SSi. The van der Waals surface area contributed by atoms with Crippen LogP contribution in [-0.4, -0.2) is 45.5 Å². The van der Waals surface area contributed by atoms with Crippen LogP contribution in [0.15, 0.2) is 30.2 Å². The fourth-order valence-electron chi connectivity index (χ4n) is 2.11. The molecule has 0 saturated heterocycles. The lowest BCUT2D eigenvalue weighted by atomic mass is 10.4. The van der Waals surface area contributed by atoms with Crippen LogP contribution in [0.25, 0.3) is 10.6 Å². The summed E-state index contributed by atoms with van der Waals surface area (Å²) >= 11 is 1.40.